The Morgan fingerprint density at radius 2 is 1.75 bits per heavy atom. The molecule has 0 saturated heterocycles. The maximum Gasteiger partial charge on any atom is 0.416 e. The minimum absolute atomic E-state index is 0.484. The van der Waals surface area contributed by atoms with Crippen LogP contribution in [0.4, 0.5) is 19.1 Å². The highest BCUT2D eigenvalue weighted by Crippen LogP contribution is 2.35. The van der Waals surface area contributed by atoms with Crippen molar-refractivity contribution < 1.29 is 23.1 Å². The van der Waals surface area contributed by atoms with Crippen LogP contribution in [0.3, 0.4) is 0 Å². The second kappa shape index (κ2) is 9.45. The number of hydrogen-bond acceptors (Lipinski definition) is 7. The Labute approximate surface area is 191 Å². The van der Waals surface area contributed by atoms with E-state index in [1.54, 1.807) is 26.2 Å². The van der Waals surface area contributed by atoms with Gasteiger partial charge in [-0.2, -0.15) is 13.2 Å². The van der Waals surface area contributed by atoms with Gasteiger partial charge < -0.3 is 10.0 Å². The fraction of sp³-hybridized carbons (Fsp3) is 0.333. The maximum absolute atomic E-state index is 12.7. The summed E-state index contributed by atoms with van der Waals surface area (Å²) in [5.74, 6) is -0.409. The number of aromatic nitrogens is 3. The molecule has 1 N–H and O–H groups in total. The molecule has 0 fully saturated rings. The molecule has 6 nitrogen and oxygen atoms in total. The number of thioether (sulfide) groups is 1. The third-order valence-electron chi connectivity index (χ3n) is 4.62. The van der Waals surface area contributed by atoms with Crippen LogP contribution >= 0.6 is 23.1 Å². The normalized spacial score (nSPS) is 12.1. The van der Waals surface area contributed by atoms with Gasteiger partial charge in [0.15, 0.2) is 4.34 Å². The van der Waals surface area contributed by atoms with Crippen molar-refractivity contribution in [2.75, 3.05) is 18.5 Å². The van der Waals surface area contributed by atoms with E-state index in [9.17, 15) is 23.1 Å². The lowest BCUT2D eigenvalue weighted by Crippen LogP contribution is -2.26. The summed E-state index contributed by atoms with van der Waals surface area (Å²) < 4.78 is 37.9. The molecule has 2 heterocycles. The summed E-state index contributed by atoms with van der Waals surface area (Å²) in [5.41, 5.74) is 1.38. The molecule has 3 rings (SSSR count). The Kier molecular flexibility index (Phi) is 7.09. The van der Waals surface area contributed by atoms with E-state index in [1.165, 1.54) is 35.2 Å². The fourth-order valence-electron chi connectivity index (χ4n) is 2.61. The number of thiazole rings is 1. The van der Waals surface area contributed by atoms with Crippen molar-refractivity contribution in [3.63, 3.8) is 0 Å². The van der Waals surface area contributed by atoms with E-state index in [2.05, 4.69) is 15.0 Å². The molecule has 0 atom stereocenters. The van der Waals surface area contributed by atoms with E-state index < -0.39 is 22.5 Å². The standard InChI is InChI=1S/C21H21F3N4O2S2/c1-20(2,17(29)30)32-19-27-16(12-31-19)8-9-28(3)18-25-10-14(11-26-18)13-4-6-15(7-5-13)21(22,23)24/h4-7,10-12H,8-9H2,1-3H3,(H,29,30). The number of carbonyl (C=O) groups is 1. The number of anilines is 1. The first-order chi connectivity index (χ1) is 15.0. The van der Waals surface area contributed by atoms with Crippen LogP contribution in [0.15, 0.2) is 46.4 Å². The molecule has 3 aromatic rings. The lowest BCUT2D eigenvalue weighted by atomic mass is 10.1. The van der Waals surface area contributed by atoms with Crippen molar-refractivity contribution in [2.24, 2.45) is 0 Å². The SMILES string of the molecule is CN(CCc1csc(SC(C)(C)C(=O)O)n1)c1ncc(-c2ccc(C(F)(F)F)cc2)cn1. The summed E-state index contributed by atoms with van der Waals surface area (Å²) in [7, 11) is 1.84. The maximum atomic E-state index is 12.7. The van der Waals surface area contributed by atoms with Gasteiger partial charge in [-0.1, -0.05) is 23.9 Å². The lowest BCUT2D eigenvalue weighted by Gasteiger charge is -2.17. The number of rotatable bonds is 8. The van der Waals surface area contributed by atoms with Crippen LogP contribution in [-0.2, 0) is 17.4 Å². The molecule has 11 heteroatoms. The fourth-order valence-corrected chi connectivity index (χ4v) is 4.84. The minimum atomic E-state index is -4.37. The molecule has 0 amide bonds. The Hall–Kier alpha value is -2.66. The summed E-state index contributed by atoms with van der Waals surface area (Å²) in [5, 5.41) is 11.1. The number of alkyl halides is 3. The molecule has 0 saturated carbocycles. The van der Waals surface area contributed by atoms with Crippen LogP contribution in [0.1, 0.15) is 25.1 Å². The molecule has 0 aliphatic carbocycles. The molecule has 0 spiro atoms. The highest BCUT2D eigenvalue weighted by atomic mass is 32.2. The van der Waals surface area contributed by atoms with Crippen LogP contribution in [-0.4, -0.2) is 44.4 Å². The van der Waals surface area contributed by atoms with Crippen LogP contribution in [0, 0.1) is 0 Å². The van der Waals surface area contributed by atoms with Crippen molar-refractivity contribution in [2.45, 2.75) is 35.5 Å². The van der Waals surface area contributed by atoms with Gasteiger partial charge in [0, 0.05) is 43.4 Å². The van der Waals surface area contributed by atoms with Crippen molar-refractivity contribution in [1.29, 1.82) is 0 Å². The summed E-state index contributed by atoms with van der Waals surface area (Å²) in [6.07, 6.45) is -0.587. The van der Waals surface area contributed by atoms with Crippen molar-refractivity contribution >= 4 is 35.0 Å². The molecule has 170 valence electrons. The quantitative estimate of drug-likeness (QED) is 0.439. The lowest BCUT2D eigenvalue weighted by molar-refractivity contribution is -0.139. The Morgan fingerprint density at radius 3 is 2.31 bits per heavy atom. The molecule has 2 aromatic heterocycles. The number of halogens is 3. The van der Waals surface area contributed by atoms with E-state index >= 15 is 0 Å². The highest BCUT2D eigenvalue weighted by Gasteiger charge is 2.30. The van der Waals surface area contributed by atoms with Crippen LogP contribution in [0.25, 0.3) is 11.1 Å². The molecular formula is C21H21F3N4O2S2. The molecule has 0 radical (unpaired) electrons. The number of carboxylic acid groups (broad SMARTS) is 1. The summed E-state index contributed by atoms with van der Waals surface area (Å²) in [6, 6.07) is 4.86. The summed E-state index contributed by atoms with van der Waals surface area (Å²) >= 11 is 2.63. The second-order valence-corrected chi connectivity index (χ2v) is 10.3. The zero-order valence-corrected chi connectivity index (χ0v) is 19.2. The largest absolute Gasteiger partial charge is 0.480 e. The van der Waals surface area contributed by atoms with Gasteiger partial charge in [0.05, 0.1) is 11.3 Å². The second-order valence-electron chi connectivity index (χ2n) is 7.54. The smallest absolute Gasteiger partial charge is 0.416 e. The van der Waals surface area contributed by atoms with Gasteiger partial charge >= 0.3 is 12.1 Å². The first kappa shape index (κ1) is 24.0. The first-order valence-corrected chi connectivity index (χ1v) is 11.2. The molecule has 0 aliphatic heterocycles. The van der Waals surface area contributed by atoms with Gasteiger partial charge in [0.2, 0.25) is 5.95 Å². The van der Waals surface area contributed by atoms with Crippen LogP contribution in [0.5, 0.6) is 0 Å². The minimum Gasteiger partial charge on any atom is -0.480 e. The summed E-state index contributed by atoms with van der Waals surface area (Å²) in [6.45, 7) is 3.87. The van der Waals surface area contributed by atoms with Crippen molar-refractivity contribution in [3.8, 4) is 11.1 Å². The third kappa shape index (κ3) is 5.98. The zero-order valence-electron chi connectivity index (χ0n) is 17.6. The first-order valence-electron chi connectivity index (χ1n) is 9.53. The Bertz CT molecular complexity index is 1070. The van der Waals surface area contributed by atoms with E-state index in [0.29, 0.717) is 34.4 Å². The average Bonchev–Trinajstić information content (AvgIpc) is 3.18. The molecular weight excluding hydrogens is 461 g/mol. The van der Waals surface area contributed by atoms with Gasteiger partial charge in [0.25, 0.3) is 0 Å². The van der Waals surface area contributed by atoms with Crippen molar-refractivity contribution in [3.05, 3.63) is 53.3 Å². The number of aliphatic carboxylic acids is 1. The highest BCUT2D eigenvalue weighted by molar-refractivity contribution is 8.02. The Balaban J connectivity index is 1.58. The van der Waals surface area contributed by atoms with E-state index in [0.717, 1.165) is 17.8 Å². The monoisotopic (exact) mass is 482 g/mol. The molecule has 0 unspecified atom stereocenters. The predicted octanol–water partition coefficient (Wildman–Crippen LogP) is 5.25. The van der Waals surface area contributed by atoms with Gasteiger partial charge in [-0.3, -0.25) is 4.79 Å². The number of carboxylic acids is 1. The Morgan fingerprint density at radius 1 is 1.12 bits per heavy atom. The molecule has 0 aliphatic rings. The van der Waals surface area contributed by atoms with Crippen LogP contribution < -0.4 is 4.90 Å². The van der Waals surface area contributed by atoms with E-state index in [1.807, 2.05) is 17.3 Å². The van der Waals surface area contributed by atoms with Crippen LogP contribution in [0.2, 0.25) is 0 Å². The van der Waals surface area contributed by atoms with Gasteiger partial charge in [-0.05, 0) is 31.5 Å². The van der Waals surface area contributed by atoms with Gasteiger partial charge in [0.1, 0.15) is 4.75 Å². The average molecular weight is 483 g/mol. The van der Waals surface area contributed by atoms with Gasteiger partial charge in [-0.25, -0.2) is 15.0 Å². The zero-order chi connectivity index (χ0) is 23.5. The topological polar surface area (TPSA) is 79.2 Å². The molecule has 0 bridgehead atoms. The molecule has 32 heavy (non-hydrogen) atoms. The van der Waals surface area contributed by atoms with Crippen molar-refractivity contribution in [1.82, 2.24) is 15.0 Å². The number of nitrogens with zero attached hydrogens (tertiary/aromatic N) is 4. The predicted molar refractivity (Wildman–Crippen MR) is 119 cm³/mol. The van der Waals surface area contributed by atoms with Gasteiger partial charge in [-0.15, -0.1) is 11.3 Å². The third-order valence-corrected chi connectivity index (χ3v) is 6.79. The summed E-state index contributed by atoms with van der Waals surface area (Å²) in [4.78, 5) is 26.2. The van der Waals surface area contributed by atoms with E-state index in [-0.39, 0.29) is 0 Å². The number of benzene rings is 1. The van der Waals surface area contributed by atoms with E-state index in [4.69, 9.17) is 0 Å². The molecule has 1 aromatic carbocycles. The number of hydrogen-bond donors (Lipinski definition) is 1. The number of likely N-dealkylation sites (N-methyl/N-ethyl adjacent to an activating group) is 1.